The van der Waals surface area contributed by atoms with Crippen molar-refractivity contribution in [3.05, 3.63) is 34.9 Å². The number of halogens is 1. The number of aliphatic hydroxyl groups excluding tert-OH is 1. The van der Waals surface area contributed by atoms with Gasteiger partial charge in [0.15, 0.2) is 0 Å². The Hall–Kier alpha value is -1.10. The Bertz CT molecular complexity index is 442. The molecule has 1 aliphatic heterocycles. The number of carbonyl (C=O) groups is 1. The number of aliphatic hydroxyl groups is 1. The van der Waals surface area contributed by atoms with Crippen molar-refractivity contribution in [2.45, 2.75) is 38.7 Å². The topological polar surface area (TPSA) is 58.6 Å². The Morgan fingerprint density at radius 3 is 2.45 bits per heavy atom. The second-order valence-electron chi connectivity index (χ2n) is 6.42. The summed E-state index contributed by atoms with van der Waals surface area (Å²) >= 11 is 5.86. The molecule has 1 saturated heterocycles. The minimum atomic E-state index is -0.318. The highest BCUT2D eigenvalue weighted by Crippen LogP contribution is 2.30. The van der Waals surface area contributed by atoms with Crippen LogP contribution in [0.4, 0.5) is 0 Å². The Kier molecular flexibility index (Phi) is 7.87. The van der Waals surface area contributed by atoms with Gasteiger partial charge in [0.1, 0.15) is 5.60 Å². The summed E-state index contributed by atoms with van der Waals surface area (Å²) in [4.78, 5) is 9.60. The minimum Gasteiger partial charge on any atom is -0.462 e. The van der Waals surface area contributed by atoms with Crippen molar-refractivity contribution < 1.29 is 14.6 Å². The Morgan fingerprint density at radius 1 is 1.36 bits per heavy atom. The zero-order valence-corrected chi connectivity index (χ0v) is 14.3. The molecule has 0 amide bonds. The van der Waals surface area contributed by atoms with E-state index >= 15 is 0 Å². The van der Waals surface area contributed by atoms with Crippen LogP contribution in [-0.4, -0.2) is 36.9 Å². The number of hydrogen-bond acceptors (Lipinski definition) is 4. The van der Waals surface area contributed by atoms with Crippen LogP contribution in [0, 0.1) is 5.92 Å². The molecule has 0 saturated carbocycles. The van der Waals surface area contributed by atoms with Gasteiger partial charge >= 0.3 is 0 Å². The lowest BCUT2D eigenvalue weighted by atomic mass is 9.82. The van der Waals surface area contributed by atoms with E-state index in [2.05, 4.69) is 22.2 Å². The quantitative estimate of drug-likeness (QED) is 0.838. The van der Waals surface area contributed by atoms with Gasteiger partial charge in [-0.25, -0.2) is 0 Å². The van der Waals surface area contributed by atoms with Gasteiger partial charge in [0, 0.05) is 24.1 Å². The van der Waals surface area contributed by atoms with Crippen molar-refractivity contribution >= 4 is 18.1 Å². The van der Waals surface area contributed by atoms with Crippen molar-refractivity contribution in [3.63, 3.8) is 0 Å². The van der Waals surface area contributed by atoms with Gasteiger partial charge in [0.25, 0.3) is 6.47 Å². The predicted octanol–water partition coefficient (Wildman–Crippen LogP) is 2.98. The molecule has 5 heteroatoms. The van der Waals surface area contributed by atoms with Crippen LogP contribution in [0.1, 0.15) is 38.7 Å². The van der Waals surface area contributed by atoms with Crippen molar-refractivity contribution in [2.24, 2.45) is 5.92 Å². The Morgan fingerprint density at radius 2 is 2.00 bits per heavy atom. The fourth-order valence-electron chi connectivity index (χ4n) is 2.41. The highest BCUT2D eigenvalue weighted by Gasteiger charge is 2.25. The van der Waals surface area contributed by atoms with Gasteiger partial charge in [-0.15, -0.1) is 0 Å². The molecule has 124 valence electrons. The third-order valence-electron chi connectivity index (χ3n) is 3.54. The number of nitrogens with one attached hydrogen (secondary N) is 1. The van der Waals surface area contributed by atoms with Gasteiger partial charge in [0.05, 0.1) is 0 Å². The molecule has 2 atom stereocenters. The van der Waals surface area contributed by atoms with E-state index in [1.807, 2.05) is 32.9 Å². The van der Waals surface area contributed by atoms with E-state index in [4.69, 9.17) is 11.6 Å². The molecule has 4 nitrogen and oxygen atoms in total. The SMILES string of the molecule is CC(C)(C)OC=O.OCC1CNCCC1c1ccc(Cl)cc1. The van der Waals surface area contributed by atoms with Gasteiger partial charge < -0.3 is 15.2 Å². The number of benzene rings is 1. The van der Waals surface area contributed by atoms with Crippen LogP contribution in [0.25, 0.3) is 0 Å². The van der Waals surface area contributed by atoms with E-state index in [1.165, 1.54) is 5.56 Å². The third-order valence-corrected chi connectivity index (χ3v) is 3.79. The monoisotopic (exact) mass is 327 g/mol. The number of carbonyl (C=O) groups excluding carboxylic acids is 1. The normalized spacial score (nSPS) is 21.5. The molecule has 1 aromatic carbocycles. The summed E-state index contributed by atoms with van der Waals surface area (Å²) in [7, 11) is 0. The summed E-state index contributed by atoms with van der Waals surface area (Å²) in [5.41, 5.74) is 0.974. The second-order valence-corrected chi connectivity index (χ2v) is 6.86. The van der Waals surface area contributed by atoms with E-state index in [-0.39, 0.29) is 12.2 Å². The predicted molar refractivity (Wildman–Crippen MR) is 89.2 cm³/mol. The number of ether oxygens (including phenoxy) is 1. The first-order valence-electron chi connectivity index (χ1n) is 7.56. The number of hydrogen-bond donors (Lipinski definition) is 2. The molecule has 2 N–H and O–H groups in total. The molecule has 1 aliphatic rings. The molecule has 2 unspecified atom stereocenters. The van der Waals surface area contributed by atoms with Crippen LogP contribution in [0.5, 0.6) is 0 Å². The Balaban J connectivity index is 0.000000295. The average Bonchev–Trinajstić information content (AvgIpc) is 2.47. The van der Waals surface area contributed by atoms with Gasteiger partial charge in [-0.05, 0) is 57.4 Å². The zero-order chi connectivity index (χ0) is 16.6. The van der Waals surface area contributed by atoms with Crippen LogP contribution in [0.15, 0.2) is 24.3 Å². The first kappa shape index (κ1) is 18.9. The molecule has 1 fully saturated rings. The molecular formula is C17H26ClNO3. The first-order chi connectivity index (χ1) is 10.4. The van der Waals surface area contributed by atoms with Gasteiger partial charge in [-0.3, -0.25) is 4.79 Å². The first-order valence-corrected chi connectivity index (χ1v) is 7.93. The largest absolute Gasteiger partial charge is 0.462 e. The summed E-state index contributed by atoms with van der Waals surface area (Å²) in [5.74, 6) is 0.799. The summed E-state index contributed by atoms with van der Waals surface area (Å²) in [6.45, 7) is 8.11. The molecule has 1 heterocycles. The maximum absolute atomic E-state index is 9.60. The zero-order valence-electron chi connectivity index (χ0n) is 13.5. The van der Waals surface area contributed by atoms with E-state index in [0.29, 0.717) is 18.3 Å². The summed E-state index contributed by atoms with van der Waals surface area (Å²) in [5, 5.41) is 13.4. The molecule has 0 aromatic heterocycles. The van der Waals surface area contributed by atoms with Crippen LogP contribution in [0.3, 0.4) is 0 Å². The van der Waals surface area contributed by atoms with E-state index < -0.39 is 0 Å². The third kappa shape index (κ3) is 6.77. The molecular weight excluding hydrogens is 302 g/mol. The fraction of sp³-hybridized carbons (Fsp3) is 0.588. The molecule has 0 spiro atoms. The van der Waals surface area contributed by atoms with Crippen molar-refractivity contribution in [3.8, 4) is 0 Å². The lowest BCUT2D eigenvalue weighted by Gasteiger charge is -2.31. The molecule has 2 rings (SSSR count). The lowest BCUT2D eigenvalue weighted by Crippen LogP contribution is -2.37. The van der Waals surface area contributed by atoms with Crippen LogP contribution in [0.2, 0.25) is 5.02 Å². The molecule has 0 aliphatic carbocycles. The molecule has 22 heavy (non-hydrogen) atoms. The molecule has 1 aromatic rings. The van der Waals surface area contributed by atoms with Crippen LogP contribution >= 0.6 is 11.6 Å². The van der Waals surface area contributed by atoms with Crippen molar-refractivity contribution in [1.29, 1.82) is 0 Å². The molecule has 0 bridgehead atoms. The van der Waals surface area contributed by atoms with Crippen LogP contribution in [-0.2, 0) is 9.53 Å². The second kappa shape index (κ2) is 9.13. The Labute approximate surface area is 137 Å². The van der Waals surface area contributed by atoms with E-state index in [9.17, 15) is 9.90 Å². The van der Waals surface area contributed by atoms with E-state index in [0.717, 1.165) is 24.5 Å². The summed E-state index contributed by atoms with van der Waals surface area (Å²) in [6.07, 6.45) is 1.09. The maximum atomic E-state index is 9.60. The van der Waals surface area contributed by atoms with Gasteiger partial charge in [-0.1, -0.05) is 23.7 Å². The standard InChI is InChI=1S/C12H16ClNO.C5H10O2/c13-11-3-1-9(2-4-11)12-5-6-14-7-10(12)8-15;1-5(2,3)7-4-6/h1-4,10,12,14-15H,5-8H2;4H,1-3H3. The van der Waals surface area contributed by atoms with Gasteiger partial charge in [0.2, 0.25) is 0 Å². The van der Waals surface area contributed by atoms with Crippen LogP contribution < -0.4 is 5.32 Å². The van der Waals surface area contributed by atoms with Crippen molar-refractivity contribution in [2.75, 3.05) is 19.7 Å². The average molecular weight is 328 g/mol. The highest BCUT2D eigenvalue weighted by molar-refractivity contribution is 6.30. The van der Waals surface area contributed by atoms with Gasteiger partial charge in [-0.2, -0.15) is 0 Å². The summed E-state index contributed by atoms with van der Waals surface area (Å²) < 4.78 is 4.55. The summed E-state index contributed by atoms with van der Waals surface area (Å²) in [6, 6.07) is 7.99. The molecule has 0 radical (unpaired) electrons. The number of rotatable bonds is 3. The minimum absolute atomic E-state index is 0.250. The highest BCUT2D eigenvalue weighted by atomic mass is 35.5. The lowest BCUT2D eigenvalue weighted by molar-refractivity contribution is -0.138. The van der Waals surface area contributed by atoms with Crippen molar-refractivity contribution in [1.82, 2.24) is 5.32 Å². The number of piperidine rings is 1. The smallest absolute Gasteiger partial charge is 0.293 e. The maximum Gasteiger partial charge on any atom is 0.293 e. The fourth-order valence-corrected chi connectivity index (χ4v) is 2.53. The van der Waals surface area contributed by atoms with E-state index in [1.54, 1.807) is 0 Å².